The minimum absolute atomic E-state index is 0.102. The van der Waals surface area contributed by atoms with Crippen LogP contribution in [0.1, 0.15) is 32.6 Å². The maximum atomic E-state index is 12.4. The zero-order chi connectivity index (χ0) is 13.1. The average molecular weight is 254 g/mol. The van der Waals surface area contributed by atoms with Crippen LogP contribution < -0.4 is 0 Å². The zero-order valence-corrected chi connectivity index (χ0v) is 11.2. The van der Waals surface area contributed by atoms with E-state index < -0.39 is 0 Å². The molecule has 0 N–H and O–H groups in total. The first-order valence-electron chi connectivity index (χ1n) is 6.77. The van der Waals surface area contributed by atoms with Crippen LogP contribution in [0.3, 0.4) is 0 Å². The summed E-state index contributed by atoms with van der Waals surface area (Å²) < 4.78 is 4.74. The zero-order valence-electron chi connectivity index (χ0n) is 11.2. The van der Waals surface area contributed by atoms with Gasteiger partial charge in [-0.25, -0.2) is 4.79 Å². The van der Waals surface area contributed by atoms with Crippen molar-refractivity contribution in [1.82, 2.24) is 9.80 Å². The normalized spacial score (nSPS) is 25.3. The molecule has 1 atom stereocenters. The molecule has 0 bridgehead atoms. The lowest BCUT2D eigenvalue weighted by Crippen LogP contribution is -2.49. The number of methoxy groups -OCH3 is 1. The molecule has 5 nitrogen and oxygen atoms in total. The second kappa shape index (κ2) is 5.59. The standard InChI is InChI=1S/C13H22N2O3/c1-10-5-8-14(9-6-10)12(16)11-4-3-7-15(11)13(17)18-2/h10-11H,3-9H2,1-2H3/t11-/m0/s1. The van der Waals surface area contributed by atoms with Crippen LogP contribution in [0.2, 0.25) is 0 Å². The first kappa shape index (κ1) is 13.2. The molecule has 2 saturated heterocycles. The van der Waals surface area contributed by atoms with Crippen LogP contribution in [0.25, 0.3) is 0 Å². The fourth-order valence-electron chi connectivity index (χ4n) is 2.80. The molecular formula is C13H22N2O3. The van der Waals surface area contributed by atoms with Crippen LogP contribution in [0, 0.1) is 5.92 Å². The number of piperidine rings is 1. The molecule has 0 aromatic rings. The Hall–Kier alpha value is -1.26. The van der Waals surface area contributed by atoms with Crippen LogP contribution >= 0.6 is 0 Å². The summed E-state index contributed by atoms with van der Waals surface area (Å²) in [4.78, 5) is 27.5. The summed E-state index contributed by atoms with van der Waals surface area (Å²) in [6, 6.07) is -0.300. The maximum absolute atomic E-state index is 12.4. The van der Waals surface area contributed by atoms with Gasteiger partial charge in [-0.15, -0.1) is 0 Å². The highest BCUT2D eigenvalue weighted by atomic mass is 16.5. The van der Waals surface area contributed by atoms with Gasteiger partial charge in [-0.05, 0) is 31.6 Å². The number of carbonyl (C=O) groups excluding carboxylic acids is 2. The average Bonchev–Trinajstić information content (AvgIpc) is 2.87. The summed E-state index contributed by atoms with van der Waals surface area (Å²) >= 11 is 0. The first-order valence-corrected chi connectivity index (χ1v) is 6.77. The van der Waals surface area contributed by atoms with Gasteiger partial charge in [0.15, 0.2) is 0 Å². The molecule has 0 unspecified atom stereocenters. The Morgan fingerprint density at radius 1 is 1.11 bits per heavy atom. The van der Waals surface area contributed by atoms with Crippen molar-refractivity contribution in [3.63, 3.8) is 0 Å². The molecule has 2 fully saturated rings. The summed E-state index contributed by atoms with van der Waals surface area (Å²) in [5, 5.41) is 0. The van der Waals surface area contributed by atoms with Crippen LogP contribution in [0.5, 0.6) is 0 Å². The first-order chi connectivity index (χ1) is 8.63. The maximum Gasteiger partial charge on any atom is 0.410 e. The molecule has 0 saturated carbocycles. The molecule has 18 heavy (non-hydrogen) atoms. The van der Waals surface area contributed by atoms with Gasteiger partial charge in [0.2, 0.25) is 5.91 Å². The summed E-state index contributed by atoms with van der Waals surface area (Å²) in [6.45, 7) is 4.50. The number of likely N-dealkylation sites (tertiary alicyclic amines) is 2. The highest BCUT2D eigenvalue weighted by molar-refractivity contribution is 5.86. The quantitative estimate of drug-likeness (QED) is 0.712. The minimum atomic E-state index is -0.378. The Morgan fingerprint density at radius 2 is 1.78 bits per heavy atom. The topological polar surface area (TPSA) is 49.9 Å². The molecule has 2 heterocycles. The highest BCUT2D eigenvalue weighted by Gasteiger charge is 2.37. The van der Waals surface area contributed by atoms with E-state index in [2.05, 4.69) is 6.92 Å². The Kier molecular flexibility index (Phi) is 4.09. The predicted octanol–water partition coefficient (Wildman–Crippen LogP) is 1.48. The fraction of sp³-hybridized carbons (Fsp3) is 0.846. The second-order valence-electron chi connectivity index (χ2n) is 5.33. The van der Waals surface area contributed by atoms with E-state index in [0.29, 0.717) is 12.5 Å². The molecule has 2 amide bonds. The molecule has 2 aliphatic heterocycles. The van der Waals surface area contributed by atoms with Crippen molar-refractivity contribution in [2.45, 2.75) is 38.6 Å². The molecule has 0 aromatic heterocycles. The van der Waals surface area contributed by atoms with Gasteiger partial charge in [0.05, 0.1) is 7.11 Å². The number of rotatable bonds is 1. The van der Waals surface area contributed by atoms with E-state index in [9.17, 15) is 9.59 Å². The lowest BCUT2D eigenvalue weighted by molar-refractivity contribution is -0.136. The van der Waals surface area contributed by atoms with E-state index in [1.54, 1.807) is 4.90 Å². The third-order valence-corrected chi connectivity index (χ3v) is 4.04. The SMILES string of the molecule is COC(=O)N1CCC[C@H]1C(=O)N1CCC(C)CC1. The highest BCUT2D eigenvalue weighted by Crippen LogP contribution is 2.23. The second-order valence-corrected chi connectivity index (χ2v) is 5.33. The lowest BCUT2D eigenvalue weighted by atomic mass is 9.98. The molecule has 0 spiro atoms. The third kappa shape index (κ3) is 2.60. The number of nitrogens with zero attached hydrogens (tertiary/aromatic N) is 2. The summed E-state index contributed by atoms with van der Waals surface area (Å²) in [5.74, 6) is 0.805. The molecule has 0 aromatic carbocycles. The van der Waals surface area contributed by atoms with Crippen molar-refractivity contribution >= 4 is 12.0 Å². The van der Waals surface area contributed by atoms with Gasteiger partial charge in [0.1, 0.15) is 6.04 Å². The molecule has 0 aliphatic carbocycles. The number of carbonyl (C=O) groups is 2. The minimum Gasteiger partial charge on any atom is -0.453 e. The third-order valence-electron chi connectivity index (χ3n) is 4.04. The van der Waals surface area contributed by atoms with Crippen LogP contribution in [0.4, 0.5) is 4.79 Å². The molecule has 5 heteroatoms. The summed E-state index contributed by atoms with van der Waals surface area (Å²) in [5.41, 5.74) is 0. The number of ether oxygens (including phenoxy) is 1. The molecular weight excluding hydrogens is 232 g/mol. The van der Waals surface area contributed by atoms with Gasteiger partial charge in [-0.1, -0.05) is 6.92 Å². The van der Waals surface area contributed by atoms with Crippen molar-refractivity contribution in [1.29, 1.82) is 0 Å². The molecule has 2 aliphatic rings. The Morgan fingerprint density at radius 3 is 2.39 bits per heavy atom. The largest absolute Gasteiger partial charge is 0.453 e. The van der Waals surface area contributed by atoms with E-state index >= 15 is 0 Å². The predicted molar refractivity (Wildman–Crippen MR) is 67.1 cm³/mol. The van der Waals surface area contributed by atoms with Crippen LogP contribution in [-0.4, -0.2) is 54.6 Å². The van der Waals surface area contributed by atoms with Crippen molar-refractivity contribution in [3.05, 3.63) is 0 Å². The van der Waals surface area contributed by atoms with Crippen LogP contribution in [0.15, 0.2) is 0 Å². The molecule has 102 valence electrons. The van der Waals surface area contributed by atoms with Crippen molar-refractivity contribution in [2.24, 2.45) is 5.92 Å². The van der Waals surface area contributed by atoms with Crippen LogP contribution in [-0.2, 0) is 9.53 Å². The molecule has 2 rings (SSSR count). The Bertz CT molecular complexity index is 324. The lowest BCUT2D eigenvalue weighted by Gasteiger charge is -2.34. The molecule has 0 radical (unpaired) electrons. The monoisotopic (exact) mass is 254 g/mol. The van der Waals surface area contributed by atoms with Gasteiger partial charge >= 0.3 is 6.09 Å². The van der Waals surface area contributed by atoms with Gasteiger partial charge < -0.3 is 9.64 Å². The van der Waals surface area contributed by atoms with E-state index in [0.717, 1.165) is 38.8 Å². The van der Waals surface area contributed by atoms with E-state index in [1.807, 2.05) is 4.90 Å². The summed E-state index contributed by atoms with van der Waals surface area (Å²) in [7, 11) is 1.37. The van der Waals surface area contributed by atoms with Gasteiger partial charge in [-0.2, -0.15) is 0 Å². The Labute approximate surface area is 108 Å². The van der Waals surface area contributed by atoms with Crippen molar-refractivity contribution < 1.29 is 14.3 Å². The smallest absolute Gasteiger partial charge is 0.410 e. The van der Waals surface area contributed by atoms with Gasteiger partial charge in [0, 0.05) is 19.6 Å². The fourth-order valence-corrected chi connectivity index (χ4v) is 2.80. The van der Waals surface area contributed by atoms with Crippen molar-refractivity contribution in [3.8, 4) is 0 Å². The Balaban J connectivity index is 1.97. The van der Waals surface area contributed by atoms with E-state index in [4.69, 9.17) is 4.74 Å². The van der Waals surface area contributed by atoms with Crippen molar-refractivity contribution in [2.75, 3.05) is 26.7 Å². The number of hydrogen-bond acceptors (Lipinski definition) is 3. The number of hydrogen-bond donors (Lipinski definition) is 0. The van der Waals surface area contributed by atoms with E-state index in [-0.39, 0.29) is 18.0 Å². The van der Waals surface area contributed by atoms with Gasteiger partial charge in [0.25, 0.3) is 0 Å². The van der Waals surface area contributed by atoms with E-state index in [1.165, 1.54) is 7.11 Å². The summed E-state index contributed by atoms with van der Waals surface area (Å²) in [6.07, 6.45) is 3.40. The number of amides is 2. The van der Waals surface area contributed by atoms with Gasteiger partial charge in [-0.3, -0.25) is 9.69 Å².